The van der Waals surface area contributed by atoms with Gasteiger partial charge in [0.1, 0.15) is 6.04 Å². The quantitative estimate of drug-likeness (QED) is 0.882. The number of benzene rings is 2. The largest absolute Gasteiger partial charge is 0.370 e. The summed E-state index contributed by atoms with van der Waals surface area (Å²) in [4.78, 5) is 12.6. The summed E-state index contributed by atoms with van der Waals surface area (Å²) in [6.45, 7) is 4.12. The smallest absolute Gasteiger partial charge is 0.247 e. The molecule has 1 aliphatic carbocycles. The number of anilines is 1. The molecule has 0 bridgehead atoms. The van der Waals surface area contributed by atoms with Crippen molar-refractivity contribution in [3.63, 3.8) is 0 Å². The van der Waals surface area contributed by atoms with Crippen LogP contribution in [0.3, 0.4) is 0 Å². The predicted molar refractivity (Wildman–Crippen MR) is 89.9 cm³/mol. The average molecular weight is 294 g/mol. The first-order valence-corrected chi connectivity index (χ1v) is 7.82. The summed E-state index contributed by atoms with van der Waals surface area (Å²) in [5.41, 5.74) is 4.33. The van der Waals surface area contributed by atoms with Crippen LogP contribution in [0.5, 0.6) is 0 Å². The van der Waals surface area contributed by atoms with Crippen molar-refractivity contribution in [2.45, 2.75) is 38.8 Å². The highest BCUT2D eigenvalue weighted by Crippen LogP contribution is 2.26. The van der Waals surface area contributed by atoms with Gasteiger partial charge in [0, 0.05) is 11.7 Å². The van der Waals surface area contributed by atoms with Crippen LogP contribution in [0.1, 0.15) is 35.6 Å². The molecule has 2 aromatic carbocycles. The van der Waals surface area contributed by atoms with E-state index in [-0.39, 0.29) is 11.9 Å². The summed E-state index contributed by atoms with van der Waals surface area (Å²) in [6.07, 6.45) is 2.19. The summed E-state index contributed by atoms with van der Waals surface area (Å²) < 4.78 is 0. The zero-order chi connectivity index (χ0) is 15.5. The Hall–Kier alpha value is -2.29. The van der Waals surface area contributed by atoms with Crippen molar-refractivity contribution in [2.75, 3.05) is 5.32 Å². The van der Waals surface area contributed by atoms with Gasteiger partial charge < -0.3 is 10.6 Å². The Morgan fingerprint density at radius 1 is 1.09 bits per heavy atom. The molecular weight excluding hydrogens is 272 g/mol. The average Bonchev–Trinajstić information content (AvgIpc) is 3.33. The van der Waals surface area contributed by atoms with Crippen molar-refractivity contribution < 1.29 is 4.79 Å². The van der Waals surface area contributed by atoms with Crippen LogP contribution in [-0.4, -0.2) is 11.9 Å². The second-order valence-electron chi connectivity index (χ2n) is 6.09. The zero-order valence-electron chi connectivity index (χ0n) is 13.1. The van der Waals surface area contributed by atoms with Crippen LogP contribution in [0.4, 0.5) is 5.69 Å². The van der Waals surface area contributed by atoms with E-state index < -0.39 is 0 Å². The molecule has 3 nitrogen and oxygen atoms in total. The van der Waals surface area contributed by atoms with E-state index in [0.29, 0.717) is 6.04 Å². The number of hydrogen-bond donors (Lipinski definition) is 2. The van der Waals surface area contributed by atoms with Gasteiger partial charge >= 0.3 is 0 Å². The molecule has 1 amide bonds. The van der Waals surface area contributed by atoms with E-state index in [1.54, 1.807) is 0 Å². The van der Waals surface area contributed by atoms with E-state index in [9.17, 15) is 4.79 Å². The molecule has 0 aromatic heterocycles. The fourth-order valence-electron chi connectivity index (χ4n) is 2.50. The first kappa shape index (κ1) is 14.6. The molecule has 0 spiro atoms. The highest BCUT2D eigenvalue weighted by atomic mass is 16.2. The molecule has 22 heavy (non-hydrogen) atoms. The summed E-state index contributed by atoms with van der Waals surface area (Å²) in [5.74, 6) is 0.0506. The van der Waals surface area contributed by atoms with Gasteiger partial charge in [0.15, 0.2) is 0 Å². The number of carbonyl (C=O) groups is 1. The fraction of sp³-hybridized carbons (Fsp3) is 0.316. The Morgan fingerprint density at radius 3 is 2.50 bits per heavy atom. The van der Waals surface area contributed by atoms with Gasteiger partial charge in [-0.25, -0.2) is 0 Å². The van der Waals surface area contributed by atoms with Crippen molar-refractivity contribution in [3.8, 4) is 0 Å². The summed E-state index contributed by atoms with van der Waals surface area (Å²) in [7, 11) is 0. The lowest BCUT2D eigenvalue weighted by Crippen LogP contribution is -2.35. The van der Waals surface area contributed by atoms with Crippen LogP contribution >= 0.6 is 0 Å². The van der Waals surface area contributed by atoms with Gasteiger partial charge in [0.25, 0.3) is 0 Å². The molecule has 2 N–H and O–H groups in total. The maximum absolute atomic E-state index is 12.6. The molecule has 0 radical (unpaired) electrons. The van der Waals surface area contributed by atoms with Crippen LogP contribution in [0.2, 0.25) is 0 Å². The monoisotopic (exact) mass is 294 g/mol. The summed E-state index contributed by atoms with van der Waals surface area (Å²) >= 11 is 0. The zero-order valence-corrected chi connectivity index (χ0v) is 13.1. The summed E-state index contributed by atoms with van der Waals surface area (Å²) in [5, 5.41) is 6.53. The maximum atomic E-state index is 12.6. The van der Waals surface area contributed by atoms with E-state index in [4.69, 9.17) is 0 Å². The third-order valence-corrected chi connectivity index (χ3v) is 4.01. The third kappa shape index (κ3) is 3.48. The van der Waals surface area contributed by atoms with E-state index in [2.05, 4.69) is 42.7 Å². The molecule has 3 heteroatoms. The van der Waals surface area contributed by atoms with E-state index in [1.165, 1.54) is 5.56 Å². The number of aryl methyl sites for hydroxylation is 2. The van der Waals surface area contributed by atoms with Gasteiger partial charge in [-0.2, -0.15) is 0 Å². The lowest BCUT2D eigenvalue weighted by molar-refractivity contribution is -0.122. The normalized spacial score (nSPS) is 15.2. The van der Waals surface area contributed by atoms with Crippen molar-refractivity contribution in [1.29, 1.82) is 0 Å². The van der Waals surface area contributed by atoms with Gasteiger partial charge in [0.05, 0.1) is 0 Å². The number of nitrogens with one attached hydrogen (secondary N) is 2. The molecule has 114 valence electrons. The minimum atomic E-state index is -0.359. The number of carbonyl (C=O) groups excluding carboxylic acids is 1. The molecule has 0 unspecified atom stereocenters. The van der Waals surface area contributed by atoms with Gasteiger partial charge in [-0.3, -0.25) is 4.79 Å². The Kier molecular flexibility index (Phi) is 4.14. The van der Waals surface area contributed by atoms with Gasteiger partial charge in [-0.1, -0.05) is 42.5 Å². The molecule has 0 saturated heterocycles. The predicted octanol–water partition coefficient (Wildman–Crippen LogP) is 3.74. The lowest BCUT2D eigenvalue weighted by atomic mass is 10.0. The van der Waals surface area contributed by atoms with Crippen LogP contribution in [0, 0.1) is 13.8 Å². The lowest BCUT2D eigenvalue weighted by Gasteiger charge is -2.21. The molecule has 1 aliphatic rings. The van der Waals surface area contributed by atoms with E-state index >= 15 is 0 Å². The second kappa shape index (κ2) is 6.22. The maximum Gasteiger partial charge on any atom is 0.247 e. The van der Waals surface area contributed by atoms with Gasteiger partial charge in [-0.15, -0.1) is 0 Å². The van der Waals surface area contributed by atoms with E-state index in [0.717, 1.165) is 29.7 Å². The van der Waals surface area contributed by atoms with Crippen molar-refractivity contribution in [2.24, 2.45) is 0 Å². The molecule has 1 atom stereocenters. The highest BCUT2D eigenvalue weighted by Gasteiger charge is 2.28. The Labute approximate surface area is 131 Å². The molecule has 1 fully saturated rings. The van der Waals surface area contributed by atoms with Gasteiger partial charge in [0.2, 0.25) is 5.91 Å². The first-order valence-electron chi connectivity index (χ1n) is 7.82. The molecule has 3 rings (SSSR count). The van der Waals surface area contributed by atoms with Crippen LogP contribution < -0.4 is 10.6 Å². The molecule has 1 saturated carbocycles. The topological polar surface area (TPSA) is 41.1 Å². The third-order valence-electron chi connectivity index (χ3n) is 4.01. The Morgan fingerprint density at radius 2 is 1.82 bits per heavy atom. The minimum absolute atomic E-state index is 0.0506. The number of rotatable bonds is 5. The van der Waals surface area contributed by atoms with Crippen LogP contribution in [-0.2, 0) is 4.79 Å². The van der Waals surface area contributed by atoms with Crippen LogP contribution in [0.15, 0.2) is 48.5 Å². The van der Waals surface area contributed by atoms with Crippen molar-refractivity contribution >= 4 is 11.6 Å². The number of hydrogen-bond acceptors (Lipinski definition) is 2. The molecule has 0 heterocycles. The number of amides is 1. The Bertz CT molecular complexity index is 662. The molecular formula is C19H22N2O. The molecule has 2 aromatic rings. The Balaban J connectivity index is 1.87. The second-order valence-corrected chi connectivity index (χ2v) is 6.09. The molecule has 0 aliphatic heterocycles. The van der Waals surface area contributed by atoms with Crippen molar-refractivity contribution in [3.05, 3.63) is 65.2 Å². The summed E-state index contributed by atoms with van der Waals surface area (Å²) in [6, 6.07) is 16.2. The minimum Gasteiger partial charge on any atom is -0.370 e. The highest BCUT2D eigenvalue weighted by molar-refractivity contribution is 5.86. The van der Waals surface area contributed by atoms with Gasteiger partial charge in [-0.05, 0) is 49.4 Å². The van der Waals surface area contributed by atoms with Crippen molar-refractivity contribution in [1.82, 2.24) is 5.32 Å². The van der Waals surface area contributed by atoms with E-state index in [1.807, 2.05) is 30.3 Å². The van der Waals surface area contributed by atoms with Crippen LogP contribution in [0.25, 0.3) is 0 Å². The standard InChI is InChI=1S/C19H22N2O/c1-13-8-9-14(2)17(12-13)21-18(15-6-4-3-5-7-15)19(22)20-16-10-11-16/h3-9,12,16,18,21H,10-11H2,1-2H3,(H,20,22)/t18-/m1/s1. The SMILES string of the molecule is Cc1ccc(C)c(N[C@@H](C(=O)NC2CC2)c2ccccc2)c1. The fourth-order valence-corrected chi connectivity index (χ4v) is 2.50. The first-order chi connectivity index (χ1) is 10.6.